The minimum atomic E-state index is -0.403. The van der Waals surface area contributed by atoms with Crippen LogP contribution in [0.4, 0.5) is 0 Å². The molecule has 1 saturated heterocycles. The fourth-order valence-corrected chi connectivity index (χ4v) is 2.43. The van der Waals surface area contributed by atoms with Crippen LogP contribution in [0.5, 0.6) is 5.75 Å². The standard InChI is InChI=1S/C15H19N3O3/c1-15(9-20-8-12(15)16)14-17-13(18-21-14)7-10-4-3-5-11(6-10)19-2/h3-6,12H,7-9,16H2,1-2H3. The van der Waals surface area contributed by atoms with E-state index in [-0.39, 0.29) is 6.04 Å². The molecule has 21 heavy (non-hydrogen) atoms. The Hall–Kier alpha value is -1.92. The van der Waals surface area contributed by atoms with Crippen LogP contribution in [0.1, 0.15) is 24.2 Å². The Kier molecular flexibility index (Phi) is 3.65. The maximum Gasteiger partial charge on any atom is 0.236 e. The zero-order valence-electron chi connectivity index (χ0n) is 12.2. The number of rotatable bonds is 4. The van der Waals surface area contributed by atoms with Crippen molar-refractivity contribution in [2.45, 2.75) is 24.8 Å². The summed E-state index contributed by atoms with van der Waals surface area (Å²) in [6.45, 7) is 3.02. The molecule has 2 atom stereocenters. The van der Waals surface area contributed by atoms with Crippen LogP contribution in [0.2, 0.25) is 0 Å². The maximum atomic E-state index is 6.08. The first-order valence-corrected chi connectivity index (χ1v) is 6.91. The summed E-state index contributed by atoms with van der Waals surface area (Å²) in [5, 5.41) is 4.05. The highest BCUT2D eigenvalue weighted by Gasteiger charge is 2.44. The molecule has 1 aromatic heterocycles. The third-order valence-corrected chi connectivity index (χ3v) is 3.97. The van der Waals surface area contributed by atoms with E-state index in [2.05, 4.69) is 10.1 Å². The Bertz CT molecular complexity index is 628. The van der Waals surface area contributed by atoms with Crippen molar-refractivity contribution < 1.29 is 14.0 Å². The second-order valence-corrected chi connectivity index (χ2v) is 5.58. The van der Waals surface area contributed by atoms with E-state index in [9.17, 15) is 0 Å². The van der Waals surface area contributed by atoms with Crippen molar-refractivity contribution in [3.05, 3.63) is 41.5 Å². The van der Waals surface area contributed by atoms with Crippen LogP contribution in [-0.2, 0) is 16.6 Å². The number of hydrogen-bond donors (Lipinski definition) is 1. The normalized spacial score (nSPS) is 25.2. The summed E-state index contributed by atoms with van der Waals surface area (Å²) in [4.78, 5) is 4.49. The predicted molar refractivity (Wildman–Crippen MR) is 76.2 cm³/mol. The Morgan fingerprint density at radius 1 is 1.48 bits per heavy atom. The first-order chi connectivity index (χ1) is 10.1. The molecule has 0 amide bonds. The zero-order valence-corrected chi connectivity index (χ0v) is 12.2. The first-order valence-electron chi connectivity index (χ1n) is 6.91. The van der Waals surface area contributed by atoms with Crippen LogP contribution in [0.15, 0.2) is 28.8 Å². The van der Waals surface area contributed by atoms with Gasteiger partial charge in [0.2, 0.25) is 5.89 Å². The molecular weight excluding hydrogens is 270 g/mol. The van der Waals surface area contributed by atoms with E-state index in [0.717, 1.165) is 11.3 Å². The molecule has 2 heterocycles. The molecule has 2 N–H and O–H groups in total. The van der Waals surface area contributed by atoms with Crippen molar-refractivity contribution in [1.29, 1.82) is 0 Å². The molecule has 112 valence electrons. The van der Waals surface area contributed by atoms with Gasteiger partial charge in [-0.2, -0.15) is 4.98 Å². The highest BCUT2D eigenvalue weighted by Crippen LogP contribution is 2.30. The molecular formula is C15H19N3O3. The lowest BCUT2D eigenvalue weighted by Gasteiger charge is -2.21. The number of ether oxygens (including phenoxy) is 2. The van der Waals surface area contributed by atoms with Crippen molar-refractivity contribution in [2.24, 2.45) is 5.73 Å². The minimum Gasteiger partial charge on any atom is -0.497 e. The van der Waals surface area contributed by atoms with Crippen molar-refractivity contribution in [1.82, 2.24) is 10.1 Å². The van der Waals surface area contributed by atoms with E-state index in [1.54, 1.807) is 7.11 Å². The van der Waals surface area contributed by atoms with E-state index < -0.39 is 5.41 Å². The summed E-state index contributed by atoms with van der Waals surface area (Å²) in [6.07, 6.45) is 0.590. The number of nitrogens with two attached hydrogens (primary N) is 1. The molecule has 0 bridgehead atoms. The van der Waals surface area contributed by atoms with Crippen LogP contribution in [-0.4, -0.2) is 36.5 Å². The van der Waals surface area contributed by atoms with E-state index in [1.807, 2.05) is 31.2 Å². The summed E-state index contributed by atoms with van der Waals surface area (Å²) in [7, 11) is 1.65. The molecule has 0 saturated carbocycles. The Labute approximate surface area is 123 Å². The molecule has 0 aliphatic carbocycles. The molecule has 1 aromatic carbocycles. The summed E-state index contributed by atoms with van der Waals surface area (Å²) in [5.41, 5.74) is 6.74. The molecule has 3 rings (SSSR count). The van der Waals surface area contributed by atoms with Gasteiger partial charge < -0.3 is 19.7 Å². The largest absolute Gasteiger partial charge is 0.497 e. The van der Waals surface area contributed by atoms with Gasteiger partial charge in [0.15, 0.2) is 5.82 Å². The molecule has 1 aliphatic heterocycles. The molecule has 2 unspecified atom stereocenters. The third-order valence-electron chi connectivity index (χ3n) is 3.97. The topological polar surface area (TPSA) is 83.4 Å². The van der Waals surface area contributed by atoms with Crippen molar-refractivity contribution in [3.8, 4) is 5.75 Å². The van der Waals surface area contributed by atoms with Gasteiger partial charge in [-0.1, -0.05) is 17.3 Å². The average molecular weight is 289 g/mol. The molecule has 0 spiro atoms. The molecule has 0 radical (unpaired) electrons. The smallest absolute Gasteiger partial charge is 0.236 e. The predicted octanol–water partition coefficient (Wildman–Crippen LogP) is 1.28. The van der Waals surface area contributed by atoms with Crippen LogP contribution < -0.4 is 10.5 Å². The molecule has 6 nitrogen and oxygen atoms in total. The lowest BCUT2D eigenvalue weighted by molar-refractivity contribution is 0.169. The average Bonchev–Trinajstić information content (AvgIpc) is 3.08. The van der Waals surface area contributed by atoms with E-state index in [0.29, 0.717) is 31.3 Å². The molecule has 1 fully saturated rings. The van der Waals surface area contributed by atoms with Crippen LogP contribution in [0.3, 0.4) is 0 Å². The highest BCUT2D eigenvalue weighted by molar-refractivity contribution is 5.30. The molecule has 2 aromatic rings. The molecule has 1 aliphatic rings. The molecule has 6 heteroatoms. The summed E-state index contributed by atoms with van der Waals surface area (Å²) < 4.78 is 16.0. The van der Waals surface area contributed by atoms with Gasteiger partial charge in [-0.15, -0.1) is 0 Å². The van der Waals surface area contributed by atoms with Gasteiger partial charge in [-0.25, -0.2) is 0 Å². The van der Waals surface area contributed by atoms with Crippen molar-refractivity contribution in [2.75, 3.05) is 20.3 Å². The van der Waals surface area contributed by atoms with Crippen molar-refractivity contribution >= 4 is 0 Å². The first kappa shape index (κ1) is 14.0. The van der Waals surface area contributed by atoms with E-state index >= 15 is 0 Å². The van der Waals surface area contributed by atoms with Crippen LogP contribution in [0.25, 0.3) is 0 Å². The van der Waals surface area contributed by atoms with E-state index in [4.69, 9.17) is 19.7 Å². The van der Waals surface area contributed by atoms with Gasteiger partial charge in [-0.3, -0.25) is 0 Å². The van der Waals surface area contributed by atoms with Gasteiger partial charge >= 0.3 is 0 Å². The zero-order chi connectivity index (χ0) is 14.9. The second kappa shape index (κ2) is 5.46. The van der Waals surface area contributed by atoms with Gasteiger partial charge in [-0.05, 0) is 24.6 Å². The number of methoxy groups -OCH3 is 1. The highest BCUT2D eigenvalue weighted by atomic mass is 16.5. The summed E-state index contributed by atoms with van der Waals surface area (Å²) in [6, 6.07) is 7.69. The maximum absolute atomic E-state index is 6.08. The lowest BCUT2D eigenvalue weighted by Crippen LogP contribution is -2.42. The summed E-state index contributed by atoms with van der Waals surface area (Å²) in [5.74, 6) is 2.00. The van der Waals surface area contributed by atoms with Gasteiger partial charge in [0.05, 0.1) is 25.7 Å². The van der Waals surface area contributed by atoms with E-state index in [1.165, 1.54) is 0 Å². The summed E-state index contributed by atoms with van der Waals surface area (Å²) >= 11 is 0. The second-order valence-electron chi connectivity index (χ2n) is 5.58. The number of hydrogen-bond acceptors (Lipinski definition) is 6. The fraction of sp³-hybridized carbons (Fsp3) is 0.467. The van der Waals surface area contributed by atoms with Crippen molar-refractivity contribution in [3.63, 3.8) is 0 Å². The number of benzene rings is 1. The number of aromatic nitrogens is 2. The quantitative estimate of drug-likeness (QED) is 0.913. The third kappa shape index (κ3) is 2.64. The monoisotopic (exact) mass is 289 g/mol. The lowest BCUT2D eigenvalue weighted by atomic mass is 9.86. The Morgan fingerprint density at radius 2 is 2.33 bits per heavy atom. The van der Waals surface area contributed by atoms with Gasteiger partial charge in [0.25, 0.3) is 0 Å². The number of nitrogens with zero attached hydrogens (tertiary/aromatic N) is 2. The van der Waals surface area contributed by atoms with Gasteiger partial charge in [0, 0.05) is 12.5 Å². The fourth-order valence-electron chi connectivity index (χ4n) is 2.43. The minimum absolute atomic E-state index is 0.123. The Morgan fingerprint density at radius 3 is 3.05 bits per heavy atom. The van der Waals surface area contributed by atoms with Crippen LogP contribution in [0, 0.1) is 0 Å². The Balaban J connectivity index is 1.79. The van der Waals surface area contributed by atoms with Crippen LogP contribution >= 0.6 is 0 Å². The SMILES string of the molecule is COc1cccc(Cc2noc(C3(C)COCC3N)n2)c1. The van der Waals surface area contributed by atoms with Gasteiger partial charge in [0.1, 0.15) is 5.75 Å².